The standard InChI is InChI=1S/C20H21NO3/c1-12(20(23)24)21(14-9-10-14)19(22)18-11-17(18)16-8-4-6-13-5-2-3-7-15(13)16/h2-8,12,14,17-18H,9-11H2,1H3,(H,23,24). The minimum absolute atomic E-state index is 0.0188. The molecule has 2 fully saturated rings. The summed E-state index contributed by atoms with van der Waals surface area (Å²) in [6.07, 6.45) is 2.67. The van der Waals surface area contributed by atoms with Crippen LogP contribution in [0.3, 0.4) is 0 Å². The predicted molar refractivity (Wildman–Crippen MR) is 91.8 cm³/mol. The minimum atomic E-state index is -0.919. The number of hydrogen-bond acceptors (Lipinski definition) is 2. The van der Waals surface area contributed by atoms with Crippen molar-refractivity contribution in [3.8, 4) is 0 Å². The van der Waals surface area contributed by atoms with Crippen LogP contribution in [0.15, 0.2) is 42.5 Å². The summed E-state index contributed by atoms with van der Waals surface area (Å²) in [5.41, 5.74) is 1.21. The third-order valence-corrected chi connectivity index (χ3v) is 5.30. The highest BCUT2D eigenvalue weighted by Gasteiger charge is 2.50. The van der Waals surface area contributed by atoms with Crippen LogP contribution in [0.25, 0.3) is 10.8 Å². The summed E-state index contributed by atoms with van der Waals surface area (Å²) in [5, 5.41) is 11.7. The Balaban J connectivity index is 1.59. The fourth-order valence-electron chi connectivity index (χ4n) is 3.74. The molecule has 24 heavy (non-hydrogen) atoms. The molecule has 0 aliphatic heterocycles. The van der Waals surface area contributed by atoms with Gasteiger partial charge in [0.25, 0.3) is 0 Å². The number of carbonyl (C=O) groups excluding carboxylic acids is 1. The van der Waals surface area contributed by atoms with E-state index in [-0.39, 0.29) is 23.8 Å². The van der Waals surface area contributed by atoms with E-state index in [1.54, 1.807) is 11.8 Å². The van der Waals surface area contributed by atoms with Gasteiger partial charge < -0.3 is 10.0 Å². The minimum Gasteiger partial charge on any atom is -0.480 e. The predicted octanol–water partition coefficient (Wildman–Crippen LogP) is 3.41. The van der Waals surface area contributed by atoms with Gasteiger partial charge in [-0.2, -0.15) is 0 Å². The maximum atomic E-state index is 12.9. The lowest BCUT2D eigenvalue weighted by Crippen LogP contribution is -2.45. The molecule has 3 unspecified atom stereocenters. The summed E-state index contributed by atoms with van der Waals surface area (Å²) in [6.45, 7) is 1.62. The first-order valence-electron chi connectivity index (χ1n) is 8.60. The van der Waals surface area contributed by atoms with E-state index in [4.69, 9.17) is 0 Å². The van der Waals surface area contributed by atoms with Gasteiger partial charge in [0.2, 0.25) is 5.91 Å². The van der Waals surface area contributed by atoms with Crippen LogP contribution in [0, 0.1) is 5.92 Å². The van der Waals surface area contributed by atoms with Gasteiger partial charge in [-0.15, -0.1) is 0 Å². The number of amides is 1. The smallest absolute Gasteiger partial charge is 0.326 e. The third kappa shape index (κ3) is 2.56. The number of fused-ring (bicyclic) bond motifs is 1. The van der Waals surface area contributed by atoms with Gasteiger partial charge in [0, 0.05) is 12.0 Å². The summed E-state index contributed by atoms with van der Waals surface area (Å²) >= 11 is 0. The molecule has 0 radical (unpaired) electrons. The lowest BCUT2D eigenvalue weighted by Gasteiger charge is -2.26. The third-order valence-electron chi connectivity index (χ3n) is 5.30. The lowest BCUT2D eigenvalue weighted by atomic mass is 10.00. The van der Waals surface area contributed by atoms with Crippen LogP contribution in [0.5, 0.6) is 0 Å². The molecule has 0 spiro atoms. The molecule has 2 aromatic carbocycles. The van der Waals surface area contributed by atoms with Gasteiger partial charge >= 0.3 is 5.97 Å². The second-order valence-electron chi connectivity index (χ2n) is 7.01. The topological polar surface area (TPSA) is 57.6 Å². The quantitative estimate of drug-likeness (QED) is 0.917. The molecule has 1 N–H and O–H groups in total. The summed E-state index contributed by atoms with van der Waals surface area (Å²) in [4.78, 5) is 25.9. The van der Waals surface area contributed by atoms with Crippen LogP contribution in [0.4, 0.5) is 0 Å². The Morgan fingerprint density at radius 1 is 1.12 bits per heavy atom. The molecule has 3 atom stereocenters. The molecule has 1 amide bonds. The largest absolute Gasteiger partial charge is 0.480 e. The van der Waals surface area contributed by atoms with Gasteiger partial charge in [-0.05, 0) is 48.4 Å². The average Bonchev–Trinajstić information content (AvgIpc) is 3.47. The SMILES string of the molecule is CC(C(=O)O)N(C(=O)C1CC1c1cccc2ccccc12)C1CC1. The Bertz CT molecular complexity index is 806. The second kappa shape index (κ2) is 5.62. The zero-order chi connectivity index (χ0) is 16.8. The number of carbonyl (C=O) groups is 2. The fourth-order valence-corrected chi connectivity index (χ4v) is 3.74. The van der Waals surface area contributed by atoms with Crippen LogP contribution < -0.4 is 0 Å². The number of nitrogens with zero attached hydrogens (tertiary/aromatic N) is 1. The number of rotatable bonds is 5. The molecule has 124 valence electrons. The molecular formula is C20H21NO3. The first kappa shape index (κ1) is 15.2. The van der Waals surface area contributed by atoms with Gasteiger partial charge in [0.05, 0.1) is 0 Å². The van der Waals surface area contributed by atoms with Crippen LogP contribution in [-0.2, 0) is 9.59 Å². The molecule has 0 saturated heterocycles. The van der Waals surface area contributed by atoms with Crippen LogP contribution in [-0.4, -0.2) is 34.0 Å². The van der Waals surface area contributed by atoms with Gasteiger partial charge in [-0.25, -0.2) is 4.79 Å². The molecule has 4 nitrogen and oxygen atoms in total. The van der Waals surface area contributed by atoms with E-state index in [1.807, 2.05) is 18.2 Å². The maximum absolute atomic E-state index is 12.9. The zero-order valence-corrected chi connectivity index (χ0v) is 13.7. The van der Waals surface area contributed by atoms with Crippen molar-refractivity contribution < 1.29 is 14.7 Å². The van der Waals surface area contributed by atoms with Gasteiger partial charge in [0.15, 0.2) is 0 Å². The highest BCUT2D eigenvalue weighted by atomic mass is 16.4. The molecule has 4 heteroatoms. The number of carboxylic acids is 1. The normalized spacial score (nSPS) is 23.7. The number of hydrogen-bond donors (Lipinski definition) is 1. The van der Waals surface area contributed by atoms with E-state index in [1.165, 1.54) is 16.3 Å². The number of aliphatic carboxylic acids is 1. The molecule has 0 aromatic heterocycles. The van der Waals surface area contributed by atoms with Gasteiger partial charge in [-0.3, -0.25) is 4.79 Å². The van der Waals surface area contributed by atoms with Gasteiger partial charge in [0.1, 0.15) is 6.04 Å². The van der Waals surface area contributed by atoms with Crippen molar-refractivity contribution in [3.63, 3.8) is 0 Å². The molecule has 4 rings (SSSR count). The van der Waals surface area contributed by atoms with E-state index in [0.717, 1.165) is 19.3 Å². The summed E-state index contributed by atoms with van der Waals surface area (Å²) in [7, 11) is 0. The van der Waals surface area contributed by atoms with Crippen molar-refractivity contribution in [2.75, 3.05) is 0 Å². The van der Waals surface area contributed by atoms with Crippen molar-refractivity contribution in [1.82, 2.24) is 4.90 Å². The Labute approximate surface area is 141 Å². The van der Waals surface area contributed by atoms with Crippen molar-refractivity contribution in [1.29, 1.82) is 0 Å². The highest BCUT2D eigenvalue weighted by Crippen LogP contribution is 2.51. The number of carboxylic acid groups (broad SMARTS) is 1. The molecule has 2 aliphatic carbocycles. The molecular weight excluding hydrogens is 302 g/mol. The fraction of sp³-hybridized carbons (Fsp3) is 0.400. The summed E-state index contributed by atoms with van der Waals surface area (Å²) in [6, 6.07) is 13.8. The van der Waals surface area contributed by atoms with Crippen molar-refractivity contribution >= 4 is 22.6 Å². The Kier molecular flexibility index (Phi) is 3.56. The van der Waals surface area contributed by atoms with Crippen LogP contribution in [0.2, 0.25) is 0 Å². The van der Waals surface area contributed by atoms with Crippen LogP contribution in [0.1, 0.15) is 37.7 Å². The Hall–Kier alpha value is -2.36. The van der Waals surface area contributed by atoms with E-state index >= 15 is 0 Å². The molecule has 0 heterocycles. The van der Waals surface area contributed by atoms with Gasteiger partial charge in [-0.1, -0.05) is 42.5 Å². The van der Waals surface area contributed by atoms with Crippen molar-refractivity contribution in [2.45, 2.75) is 44.2 Å². The maximum Gasteiger partial charge on any atom is 0.326 e. The molecule has 2 aliphatic rings. The summed E-state index contributed by atoms with van der Waals surface area (Å²) < 4.78 is 0. The number of benzene rings is 2. The van der Waals surface area contributed by atoms with Crippen LogP contribution >= 0.6 is 0 Å². The van der Waals surface area contributed by atoms with E-state index in [2.05, 4.69) is 24.3 Å². The average molecular weight is 323 g/mol. The van der Waals surface area contributed by atoms with E-state index < -0.39 is 12.0 Å². The molecule has 2 aromatic rings. The Morgan fingerprint density at radius 2 is 1.83 bits per heavy atom. The van der Waals surface area contributed by atoms with Crippen molar-refractivity contribution in [2.24, 2.45) is 5.92 Å². The molecule has 2 saturated carbocycles. The zero-order valence-electron chi connectivity index (χ0n) is 13.7. The second-order valence-corrected chi connectivity index (χ2v) is 7.01. The first-order chi connectivity index (χ1) is 11.6. The van der Waals surface area contributed by atoms with Crippen molar-refractivity contribution in [3.05, 3.63) is 48.0 Å². The van der Waals surface area contributed by atoms with E-state index in [0.29, 0.717) is 0 Å². The first-order valence-corrected chi connectivity index (χ1v) is 8.60. The monoisotopic (exact) mass is 323 g/mol. The summed E-state index contributed by atoms with van der Waals surface area (Å²) in [5.74, 6) is -0.757. The lowest BCUT2D eigenvalue weighted by molar-refractivity contribution is -0.150. The highest BCUT2D eigenvalue weighted by molar-refractivity contribution is 5.91. The molecule has 0 bridgehead atoms. The van der Waals surface area contributed by atoms with E-state index in [9.17, 15) is 14.7 Å². The Morgan fingerprint density at radius 3 is 2.54 bits per heavy atom.